The first-order valence-electron chi connectivity index (χ1n) is 8.86. The van der Waals surface area contributed by atoms with Gasteiger partial charge in [0.2, 0.25) is 5.91 Å². The summed E-state index contributed by atoms with van der Waals surface area (Å²) in [5.74, 6) is 1.40. The minimum atomic E-state index is -0.433. The molecular formula is C20H22N2O5S. The van der Waals surface area contributed by atoms with Crippen LogP contribution in [0.15, 0.2) is 41.3 Å². The van der Waals surface area contributed by atoms with Crippen molar-refractivity contribution < 1.29 is 19.2 Å². The van der Waals surface area contributed by atoms with E-state index in [1.807, 2.05) is 24.0 Å². The second-order valence-electron chi connectivity index (χ2n) is 6.50. The molecule has 8 heteroatoms. The fourth-order valence-electron chi connectivity index (χ4n) is 3.23. The van der Waals surface area contributed by atoms with E-state index in [-0.39, 0.29) is 16.8 Å². The molecule has 0 saturated carbocycles. The van der Waals surface area contributed by atoms with Crippen molar-refractivity contribution in [1.82, 2.24) is 4.90 Å². The van der Waals surface area contributed by atoms with Crippen molar-refractivity contribution in [2.24, 2.45) is 0 Å². The molecule has 0 aliphatic carbocycles. The molecule has 148 valence electrons. The molecule has 1 amide bonds. The van der Waals surface area contributed by atoms with E-state index in [4.69, 9.17) is 9.47 Å². The monoisotopic (exact) mass is 402 g/mol. The van der Waals surface area contributed by atoms with Gasteiger partial charge in [0.25, 0.3) is 5.69 Å². The van der Waals surface area contributed by atoms with Crippen LogP contribution in [-0.2, 0) is 17.8 Å². The van der Waals surface area contributed by atoms with Gasteiger partial charge < -0.3 is 14.4 Å². The SMILES string of the molecule is COc1cc2c(cc1OC)CN(C(=O)C(C)Sc1ccc([N+](=O)[O-])cc1)CC2. The number of non-ortho nitro benzene ring substituents is 1. The number of carbonyl (C=O) groups is 1. The Morgan fingerprint density at radius 1 is 1.14 bits per heavy atom. The maximum Gasteiger partial charge on any atom is 0.269 e. The van der Waals surface area contributed by atoms with E-state index < -0.39 is 4.92 Å². The molecule has 0 bridgehead atoms. The quantitative estimate of drug-likeness (QED) is 0.416. The maximum absolute atomic E-state index is 12.9. The molecule has 1 unspecified atom stereocenters. The summed E-state index contributed by atoms with van der Waals surface area (Å²) >= 11 is 1.40. The van der Waals surface area contributed by atoms with Gasteiger partial charge in [-0.05, 0) is 48.7 Å². The number of nitrogens with zero attached hydrogens (tertiary/aromatic N) is 2. The van der Waals surface area contributed by atoms with Gasteiger partial charge in [-0.25, -0.2) is 0 Å². The van der Waals surface area contributed by atoms with Crippen LogP contribution >= 0.6 is 11.8 Å². The summed E-state index contributed by atoms with van der Waals surface area (Å²) in [6.45, 7) is 3.03. The van der Waals surface area contributed by atoms with E-state index in [0.29, 0.717) is 24.6 Å². The topological polar surface area (TPSA) is 81.9 Å². The van der Waals surface area contributed by atoms with Gasteiger partial charge in [-0.15, -0.1) is 11.8 Å². The van der Waals surface area contributed by atoms with E-state index in [1.165, 1.54) is 23.9 Å². The molecule has 0 saturated heterocycles. The van der Waals surface area contributed by atoms with Gasteiger partial charge in [0.05, 0.1) is 24.4 Å². The largest absolute Gasteiger partial charge is 0.493 e. The second-order valence-corrected chi connectivity index (χ2v) is 7.91. The highest BCUT2D eigenvalue weighted by molar-refractivity contribution is 8.00. The van der Waals surface area contributed by atoms with Gasteiger partial charge in [0.1, 0.15) is 0 Å². The summed E-state index contributed by atoms with van der Waals surface area (Å²) in [5.41, 5.74) is 2.27. The van der Waals surface area contributed by atoms with E-state index in [2.05, 4.69) is 0 Å². The lowest BCUT2D eigenvalue weighted by atomic mass is 9.98. The van der Waals surface area contributed by atoms with Gasteiger partial charge >= 0.3 is 0 Å². The molecule has 0 spiro atoms. The van der Waals surface area contributed by atoms with Crippen molar-refractivity contribution in [3.05, 3.63) is 57.6 Å². The summed E-state index contributed by atoms with van der Waals surface area (Å²) in [5, 5.41) is 10.5. The molecule has 1 atom stereocenters. The van der Waals surface area contributed by atoms with E-state index in [1.54, 1.807) is 26.4 Å². The molecule has 1 aliphatic rings. The van der Waals surface area contributed by atoms with Crippen LogP contribution in [0.5, 0.6) is 11.5 Å². The third kappa shape index (κ3) is 4.22. The normalized spacial score (nSPS) is 14.2. The number of rotatable bonds is 6. The van der Waals surface area contributed by atoms with Crippen molar-refractivity contribution in [3.8, 4) is 11.5 Å². The lowest BCUT2D eigenvalue weighted by Gasteiger charge is -2.31. The predicted molar refractivity (Wildman–Crippen MR) is 107 cm³/mol. The van der Waals surface area contributed by atoms with Crippen molar-refractivity contribution >= 4 is 23.4 Å². The number of hydrogen-bond acceptors (Lipinski definition) is 6. The number of thioether (sulfide) groups is 1. The number of nitro benzene ring substituents is 1. The fraction of sp³-hybridized carbons (Fsp3) is 0.350. The summed E-state index contributed by atoms with van der Waals surface area (Å²) in [4.78, 5) is 25.9. The first-order valence-corrected chi connectivity index (χ1v) is 9.74. The number of fused-ring (bicyclic) bond motifs is 1. The van der Waals surface area contributed by atoms with E-state index >= 15 is 0 Å². The van der Waals surface area contributed by atoms with Crippen LogP contribution in [0.1, 0.15) is 18.1 Å². The van der Waals surface area contributed by atoms with Crippen LogP contribution in [0.25, 0.3) is 0 Å². The third-order valence-corrected chi connectivity index (χ3v) is 5.84. The Kier molecular flexibility index (Phi) is 6.08. The van der Waals surface area contributed by atoms with Gasteiger partial charge in [-0.2, -0.15) is 0 Å². The lowest BCUT2D eigenvalue weighted by molar-refractivity contribution is -0.384. The molecule has 0 N–H and O–H groups in total. The Labute approximate surface area is 167 Å². The van der Waals surface area contributed by atoms with Crippen molar-refractivity contribution in [1.29, 1.82) is 0 Å². The molecule has 0 radical (unpaired) electrons. The summed E-state index contributed by atoms with van der Waals surface area (Å²) in [6.07, 6.45) is 0.760. The summed E-state index contributed by atoms with van der Waals surface area (Å²) < 4.78 is 10.7. The molecule has 0 fully saturated rings. The number of ether oxygens (including phenoxy) is 2. The van der Waals surface area contributed by atoms with Gasteiger partial charge in [0, 0.05) is 30.1 Å². The highest BCUT2D eigenvalue weighted by atomic mass is 32.2. The number of nitro groups is 1. The first kappa shape index (κ1) is 20.0. The molecular weight excluding hydrogens is 380 g/mol. The van der Waals surface area contributed by atoms with Crippen molar-refractivity contribution in [3.63, 3.8) is 0 Å². The van der Waals surface area contributed by atoms with Crippen LogP contribution in [0.2, 0.25) is 0 Å². The average molecular weight is 402 g/mol. The Balaban J connectivity index is 1.68. The first-order chi connectivity index (χ1) is 13.4. The molecule has 7 nitrogen and oxygen atoms in total. The summed E-state index contributed by atoms with van der Waals surface area (Å²) in [7, 11) is 3.21. The third-order valence-electron chi connectivity index (χ3n) is 4.74. The highest BCUT2D eigenvalue weighted by Gasteiger charge is 2.26. The maximum atomic E-state index is 12.9. The zero-order valence-corrected chi connectivity index (χ0v) is 16.8. The number of hydrogen-bond donors (Lipinski definition) is 0. The number of carbonyl (C=O) groups excluding carboxylic acids is 1. The summed E-state index contributed by atoms with van der Waals surface area (Å²) in [6, 6.07) is 10.2. The van der Waals surface area contributed by atoms with Crippen LogP contribution < -0.4 is 9.47 Å². The van der Waals surface area contributed by atoms with Gasteiger partial charge in [-0.3, -0.25) is 14.9 Å². The molecule has 2 aromatic rings. The van der Waals surface area contributed by atoms with Crippen LogP contribution in [0, 0.1) is 10.1 Å². The Morgan fingerprint density at radius 3 is 2.32 bits per heavy atom. The fourth-order valence-corrected chi connectivity index (χ4v) is 4.18. The Hall–Kier alpha value is -2.74. The lowest BCUT2D eigenvalue weighted by Crippen LogP contribution is -2.40. The number of methoxy groups -OCH3 is 2. The van der Waals surface area contributed by atoms with Gasteiger partial charge in [-0.1, -0.05) is 0 Å². The van der Waals surface area contributed by atoms with E-state index in [0.717, 1.165) is 22.4 Å². The zero-order chi connectivity index (χ0) is 20.3. The molecule has 28 heavy (non-hydrogen) atoms. The highest BCUT2D eigenvalue weighted by Crippen LogP contribution is 2.34. The minimum absolute atomic E-state index is 0.0420. The standard InChI is InChI=1S/C20H22N2O5S/c1-13(28-17-6-4-16(5-7-17)22(24)25)20(23)21-9-8-14-10-18(26-2)19(27-3)11-15(14)12-21/h4-7,10-11,13H,8-9,12H2,1-3H3. The van der Waals surface area contributed by atoms with Crippen molar-refractivity contribution in [2.45, 2.75) is 30.0 Å². The van der Waals surface area contributed by atoms with Crippen molar-refractivity contribution in [2.75, 3.05) is 20.8 Å². The van der Waals surface area contributed by atoms with Crippen LogP contribution in [0.4, 0.5) is 5.69 Å². The minimum Gasteiger partial charge on any atom is -0.493 e. The number of benzene rings is 2. The Bertz CT molecular complexity index is 885. The smallest absolute Gasteiger partial charge is 0.269 e. The predicted octanol–water partition coefficient (Wildman–Crippen LogP) is 3.68. The Morgan fingerprint density at radius 2 is 1.75 bits per heavy atom. The molecule has 2 aromatic carbocycles. The molecule has 1 heterocycles. The number of amides is 1. The molecule has 3 rings (SSSR count). The van der Waals surface area contributed by atoms with Gasteiger partial charge in [0.15, 0.2) is 11.5 Å². The van der Waals surface area contributed by atoms with E-state index in [9.17, 15) is 14.9 Å². The average Bonchev–Trinajstić information content (AvgIpc) is 2.71. The zero-order valence-electron chi connectivity index (χ0n) is 16.0. The van der Waals surface area contributed by atoms with Crippen LogP contribution in [0.3, 0.4) is 0 Å². The second kappa shape index (κ2) is 8.52. The molecule has 0 aromatic heterocycles. The molecule has 1 aliphatic heterocycles. The van der Waals surface area contributed by atoms with Crippen LogP contribution in [-0.4, -0.2) is 41.7 Å².